The van der Waals surface area contributed by atoms with Gasteiger partial charge in [-0.3, -0.25) is 9.11 Å². The Morgan fingerprint density at radius 2 is 1.90 bits per heavy atom. The third kappa shape index (κ3) is 3.26. The third-order valence-electron chi connectivity index (χ3n) is 3.26. The Bertz CT molecular complexity index is 493. The average molecular weight is 308 g/mol. The van der Waals surface area contributed by atoms with Gasteiger partial charge in [0.2, 0.25) is 5.95 Å². The van der Waals surface area contributed by atoms with Crippen molar-refractivity contribution in [3.63, 3.8) is 0 Å². The van der Waals surface area contributed by atoms with Crippen LogP contribution < -0.4 is 4.90 Å². The van der Waals surface area contributed by atoms with Crippen molar-refractivity contribution >= 4 is 16.7 Å². The van der Waals surface area contributed by atoms with E-state index in [1.54, 1.807) is 0 Å². The first-order valence-corrected chi connectivity index (χ1v) is 7.52. The van der Waals surface area contributed by atoms with Gasteiger partial charge in [0.15, 0.2) is 0 Å². The number of hydrogen-bond acceptors (Lipinski definition) is 5. The summed E-state index contributed by atoms with van der Waals surface area (Å²) in [4.78, 5) is 11.2. The highest BCUT2D eigenvalue weighted by atomic mass is 32.2. The van der Waals surface area contributed by atoms with Crippen LogP contribution in [0.2, 0.25) is 0 Å². The van der Waals surface area contributed by atoms with Gasteiger partial charge in [-0.25, -0.2) is 9.97 Å². The number of alkyl halides is 3. The SMILES string of the molecule is CN1CCN(c2ncc(S(C)=O)cn2)CC1C(F)(F)F. The highest BCUT2D eigenvalue weighted by Gasteiger charge is 2.45. The van der Waals surface area contributed by atoms with E-state index in [-0.39, 0.29) is 19.0 Å². The number of halogens is 3. The van der Waals surface area contributed by atoms with E-state index in [2.05, 4.69) is 9.97 Å². The molecule has 0 spiro atoms. The average Bonchev–Trinajstić information content (AvgIpc) is 2.38. The van der Waals surface area contributed by atoms with Gasteiger partial charge in [0.1, 0.15) is 6.04 Å². The molecule has 0 saturated carbocycles. The Balaban J connectivity index is 2.15. The van der Waals surface area contributed by atoms with E-state index >= 15 is 0 Å². The zero-order valence-electron chi connectivity index (χ0n) is 11.1. The first kappa shape index (κ1) is 15.2. The molecule has 1 fully saturated rings. The number of piperazine rings is 1. The van der Waals surface area contributed by atoms with Crippen molar-refractivity contribution in [2.24, 2.45) is 0 Å². The lowest BCUT2D eigenvalue weighted by Crippen LogP contribution is -2.57. The van der Waals surface area contributed by atoms with Crippen LogP contribution in [0.4, 0.5) is 19.1 Å². The van der Waals surface area contributed by atoms with E-state index in [9.17, 15) is 17.4 Å². The van der Waals surface area contributed by atoms with Crippen LogP contribution in [-0.4, -0.2) is 64.2 Å². The maximum Gasteiger partial charge on any atom is 0.405 e. The molecule has 9 heteroatoms. The molecule has 112 valence electrons. The second-order valence-electron chi connectivity index (χ2n) is 4.66. The fourth-order valence-corrected chi connectivity index (χ4v) is 2.43. The zero-order valence-corrected chi connectivity index (χ0v) is 11.9. The minimum atomic E-state index is -4.28. The van der Waals surface area contributed by atoms with Gasteiger partial charge in [-0.1, -0.05) is 0 Å². The van der Waals surface area contributed by atoms with E-state index in [1.165, 1.54) is 35.5 Å². The van der Waals surface area contributed by atoms with Crippen LogP contribution in [0.15, 0.2) is 17.3 Å². The van der Waals surface area contributed by atoms with E-state index in [0.717, 1.165) is 0 Å². The van der Waals surface area contributed by atoms with Crippen LogP contribution in [0.25, 0.3) is 0 Å². The highest BCUT2D eigenvalue weighted by molar-refractivity contribution is 7.84. The summed E-state index contributed by atoms with van der Waals surface area (Å²) in [5, 5.41) is 0. The molecular formula is C11H15F3N4OS. The second kappa shape index (κ2) is 5.65. The molecule has 0 bridgehead atoms. The van der Waals surface area contributed by atoms with E-state index in [4.69, 9.17) is 0 Å². The summed E-state index contributed by atoms with van der Waals surface area (Å²) in [7, 11) is 0.257. The lowest BCUT2D eigenvalue weighted by atomic mass is 10.2. The molecule has 5 nitrogen and oxygen atoms in total. The van der Waals surface area contributed by atoms with Crippen LogP contribution >= 0.6 is 0 Å². The molecule has 1 aromatic heterocycles. The quantitative estimate of drug-likeness (QED) is 0.812. The lowest BCUT2D eigenvalue weighted by Gasteiger charge is -2.40. The lowest BCUT2D eigenvalue weighted by molar-refractivity contribution is -0.180. The van der Waals surface area contributed by atoms with Crippen LogP contribution in [-0.2, 0) is 10.8 Å². The third-order valence-corrected chi connectivity index (χ3v) is 4.13. The molecule has 1 saturated heterocycles. The molecule has 0 radical (unpaired) electrons. The normalized spacial score (nSPS) is 22.9. The minimum absolute atomic E-state index is 0.200. The van der Waals surface area contributed by atoms with Gasteiger partial charge >= 0.3 is 6.18 Å². The van der Waals surface area contributed by atoms with Crippen molar-refractivity contribution in [2.75, 3.05) is 37.8 Å². The van der Waals surface area contributed by atoms with Gasteiger partial charge in [0.05, 0.1) is 15.7 Å². The fraction of sp³-hybridized carbons (Fsp3) is 0.636. The summed E-state index contributed by atoms with van der Waals surface area (Å²) >= 11 is 0. The number of anilines is 1. The maximum atomic E-state index is 12.9. The molecule has 0 aliphatic carbocycles. The predicted octanol–water partition coefficient (Wildman–Crippen LogP) is 0.897. The van der Waals surface area contributed by atoms with E-state index in [1.807, 2.05) is 0 Å². The monoisotopic (exact) mass is 308 g/mol. The van der Waals surface area contributed by atoms with Crippen LogP contribution in [0.3, 0.4) is 0 Å². The Labute approximate surface area is 117 Å². The van der Waals surface area contributed by atoms with Crippen molar-refractivity contribution in [2.45, 2.75) is 17.1 Å². The molecule has 2 heterocycles. The zero-order chi connectivity index (χ0) is 14.9. The Morgan fingerprint density at radius 3 is 2.40 bits per heavy atom. The van der Waals surface area contributed by atoms with Crippen LogP contribution in [0.1, 0.15) is 0 Å². The predicted molar refractivity (Wildman–Crippen MR) is 69.1 cm³/mol. The van der Waals surface area contributed by atoms with Crippen molar-refractivity contribution < 1.29 is 17.4 Å². The molecule has 1 aliphatic rings. The van der Waals surface area contributed by atoms with Gasteiger partial charge in [0, 0.05) is 38.3 Å². The molecule has 0 N–H and O–H groups in total. The first-order chi connectivity index (χ1) is 9.29. The van der Waals surface area contributed by atoms with Crippen molar-refractivity contribution in [3.05, 3.63) is 12.4 Å². The summed E-state index contributed by atoms with van der Waals surface area (Å²) in [6, 6.07) is -1.53. The van der Waals surface area contributed by atoms with Gasteiger partial charge < -0.3 is 4.90 Å². The van der Waals surface area contributed by atoms with Crippen molar-refractivity contribution in [3.8, 4) is 0 Å². The van der Waals surface area contributed by atoms with Crippen LogP contribution in [0.5, 0.6) is 0 Å². The number of nitrogens with zero attached hydrogens (tertiary/aromatic N) is 4. The fourth-order valence-electron chi connectivity index (χ4n) is 2.03. The van der Waals surface area contributed by atoms with Crippen molar-refractivity contribution in [1.29, 1.82) is 0 Å². The molecule has 0 aromatic carbocycles. The molecule has 2 atom stereocenters. The minimum Gasteiger partial charge on any atom is -0.338 e. The molecule has 0 amide bonds. The molecule has 20 heavy (non-hydrogen) atoms. The summed E-state index contributed by atoms with van der Waals surface area (Å²) < 4.78 is 49.9. The van der Waals surface area contributed by atoms with Gasteiger partial charge in [0.25, 0.3) is 0 Å². The maximum absolute atomic E-state index is 12.9. The summed E-state index contributed by atoms with van der Waals surface area (Å²) in [5.74, 6) is 0.238. The molecule has 2 rings (SSSR count). The number of rotatable bonds is 2. The summed E-state index contributed by atoms with van der Waals surface area (Å²) in [6.07, 6.45) is -0.00903. The van der Waals surface area contributed by atoms with Gasteiger partial charge in [-0.05, 0) is 7.05 Å². The summed E-state index contributed by atoms with van der Waals surface area (Å²) in [6.45, 7) is 0.515. The number of hydrogen-bond donors (Lipinski definition) is 0. The van der Waals surface area contributed by atoms with Crippen LogP contribution in [0, 0.1) is 0 Å². The Morgan fingerprint density at radius 1 is 1.30 bits per heavy atom. The second-order valence-corrected chi connectivity index (χ2v) is 6.04. The summed E-state index contributed by atoms with van der Waals surface area (Å²) in [5.41, 5.74) is 0. The number of aromatic nitrogens is 2. The van der Waals surface area contributed by atoms with Gasteiger partial charge in [-0.2, -0.15) is 13.2 Å². The Kier molecular flexibility index (Phi) is 4.28. The largest absolute Gasteiger partial charge is 0.405 e. The topological polar surface area (TPSA) is 49.3 Å². The standard InChI is InChI=1S/C11H15F3N4OS/c1-17-3-4-18(7-9(17)11(12,13)14)10-15-5-8(6-16-10)20(2)19/h5-6,9H,3-4,7H2,1-2H3. The Hall–Kier alpha value is -1.22. The van der Waals surface area contributed by atoms with Crippen molar-refractivity contribution in [1.82, 2.24) is 14.9 Å². The van der Waals surface area contributed by atoms with E-state index in [0.29, 0.717) is 11.4 Å². The molecule has 2 unspecified atom stereocenters. The number of likely N-dealkylation sites (N-methyl/N-ethyl adjacent to an activating group) is 1. The van der Waals surface area contributed by atoms with E-state index < -0.39 is 23.0 Å². The smallest absolute Gasteiger partial charge is 0.338 e. The highest BCUT2D eigenvalue weighted by Crippen LogP contribution is 2.28. The molecule has 1 aromatic rings. The molecule has 1 aliphatic heterocycles. The van der Waals surface area contributed by atoms with Gasteiger partial charge in [-0.15, -0.1) is 0 Å². The first-order valence-electron chi connectivity index (χ1n) is 5.96. The molecular weight excluding hydrogens is 293 g/mol.